The number of hydrogen-bond donors (Lipinski definition) is 1. The van der Waals surface area contributed by atoms with E-state index in [1.807, 2.05) is 84.6 Å². The van der Waals surface area contributed by atoms with Gasteiger partial charge in [0, 0.05) is 17.5 Å². The van der Waals surface area contributed by atoms with Crippen LogP contribution in [0.4, 0.5) is 0 Å². The van der Waals surface area contributed by atoms with Crippen LogP contribution in [0.3, 0.4) is 0 Å². The third-order valence-corrected chi connectivity index (χ3v) is 4.88. The van der Waals surface area contributed by atoms with Crippen LogP contribution in [-0.2, 0) is 11.2 Å². The maximum Gasteiger partial charge on any atom is 0.225 e. The molecule has 0 aliphatic rings. The van der Waals surface area contributed by atoms with E-state index in [2.05, 4.69) is 20.6 Å². The molecular formula is C21H22N6O. The van der Waals surface area contributed by atoms with E-state index in [1.54, 1.807) is 0 Å². The molecule has 7 heteroatoms. The molecule has 0 fully saturated rings. The van der Waals surface area contributed by atoms with Crippen LogP contribution in [0.2, 0.25) is 0 Å². The van der Waals surface area contributed by atoms with Gasteiger partial charge < -0.3 is 5.32 Å². The summed E-state index contributed by atoms with van der Waals surface area (Å²) in [5.74, 6) is 0.636. The normalized spacial score (nSPS) is 12.2. The van der Waals surface area contributed by atoms with Crippen molar-refractivity contribution in [3.63, 3.8) is 0 Å². The van der Waals surface area contributed by atoms with E-state index >= 15 is 0 Å². The van der Waals surface area contributed by atoms with Crippen molar-refractivity contribution < 1.29 is 4.79 Å². The number of benzene rings is 1. The molecule has 1 atom stereocenters. The SMILES string of the molecule is Cc1nn(-c2ccccc2)c(C)c1CC(=O)NC(C)c1nnc2ccccn12. The van der Waals surface area contributed by atoms with E-state index in [1.165, 1.54) is 0 Å². The Bertz CT molecular complexity index is 1130. The lowest BCUT2D eigenvalue weighted by Crippen LogP contribution is -2.29. The molecule has 0 saturated heterocycles. The average molecular weight is 374 g/mol. The van der Waals surface area contributed by atoms with Gasteiger partial charge in [-0.2, -0.15) is 5.10 Å². The van der Waals surface area contributed by atoms with Crippen molar-refractivity contribution in [2.75, 3.05) is 0 Å². The Kier molecular flexibility index (Phi) is 4.65. The zero-order chi connectivity index (χ0) is 19.7. The fraction of sp³-hybridized carbons (Fsp3) is 0.238. The van der Waals surface area contributed by atoms with E-state index in [0.29, 0.717) is 5.82 Å². The summed E-state index contributed by atoms with van der Waals surface area (Å²) in [7, 11) is 0. The van der Waals surface area contributed by atoms with Crippen molar-refractivity contribution >= 4 is 11.6 Å². The highest BCUT2D eigenvalue weighted by Gasteiger charge is 2.19. The minimum atomic E-state index is -0.255. The molecule has 142 valence electrons. The Morgan fingerprint density at radius 2 is 1.82 bits per heavy atom. The molecule has 0 bridgehead atoms. The van der Waals surface area contributed by atoms with Crippen LogP contribution in [0, 0.1) is 13.8 Å². The molecule has 28 heavy (non-hydrogen) atoms. The lowest BCUT2D eigenvalue weighted by molar-refractivity contribution is -0.121. The van der Waals surface area contributed by atoms with Crippen molar-refractivity contribution in [2.24, 2.45) is 0 Å². The fourth-order valence-corrected chi connectivity index (χ4v) is 3.42. The molecule has 4 aromatic rings. The second kappa shape index (κ2) is 7.26. The van der Waals surface area contributed by atoms with Crippen molar-refractivity contribution in [1.29, 1.82) is 0 Å². The molecule has 1 N–H and O–H groups in total. The van der Waals surface area contributed by atoms with Gasteiger partial charge >= 0.3 is 0 Å². The Morgan fingerprint density at radius 3 is 2.61 bits per heavy atom. The molecule has 3 heterocycles. The molecule has 0 radical (unpaired) electrons. The predicted octanol–water partition coefficient (Wildman–Crippen LogP) is 2.95. The first kappa shape index (κ1) is 17.9. The summed E-state index contributed by atoms with van der Waals surface area (Å²) in [6.07, 6.45) is 2.16. The molecular weight excluding hydrogens is 352 g/mol. The summed E-state index contributed by atoms with van der Waals surface area (Å²) in [5.41, 5.74) is 4.52. The second-order valence-corrected chi connectivity index (χ2v) is 6.85. The second-order valence-electron chi connectivity index (χ2n) is 6.85. The van der Waals surface area contributed by atoms with E-state index in [-0.39, 0.29) is 18.4 Å². The van der Waals surface area contributed by atoms with Crippen LogP contribution in [0.5, 0.6) is 0 Å². The number of nitrogens with zero attached hydrogens (tertiary/aromatic N) is 5. The Labute approximate surface area is 163 Å². The highest BCUT2D eigenvalue weighted by Crippen LogP contribution is 2.19. The number of para-hydroxylation sites is 1. The molecule has 1 unspecified atom stereocenters. The molecule has 1 aromatic carbocycles. The Morgan fingerprint density at radius 1 is 1.07 bits per heavy atom. The van der Waals surface area contributed by atoms with Gasteiger partial charge in [0.15, 0.2) is 11.5 Å². The first-order valence-corrected chi connectivity index (χ1v) is 9.24. The Hall–Kier alpha value is -3.48. The van der Waals surface area contributed by atoms with Gasteiger partial charge in [-0.15, -0.1) is 10.2 Å². The van der Waals surface area contributed by atoms with E-state index in [9.17, 15) is 4.79 Å². The van der Waals surface area contributed by atoms with Crippen molar-refractivity contribution in [1.82, 2.24) is 29.7 Å². The van der Waals surface area contributed by atoms with Crippen LogP contribution < -0.4 is 5.32 Å². The summed E-state index contributed by atoms with van der Waals surface area (Å²) in [6, 6.07) is 15.4. The summed E-state index contributed by atoms with van der Waals surface area (Å²) < 4.78 is 3.77. The van der Waals surface area contributed by atoms with Crippen LogP contribution in [-0.4, -0.2) is 30.3 Å². The lowest BCUT2D eigenvalue weighted by Gasteiger charge is -2.12. The maximum atomic E-state index is 12.7. The minimum Gasteiger partial charge on any atom is -0.346 e. The van der Waals surface area contributed by atoms with Crippen LogP contribution in [0.15, 0.2) is 54.7 Å². The highest BCUT2D eigenvalue weighted by molar-refractivity contribution is 5.79. The van der Waals surface area contributed by atoms with Crippen LogP contribution in [0.1, 0.15) is 35.7 Å². The fourth-order valence-electron chi connectivity index (χ4n) is 3.42. The Balaban J connectivity index is 1.52. The number of rotatable bonds is 5. The largest absolute Gasteiger partial charge is 0.346 e. The first-order chi connectivity index (χ1) is 13.5. The highest BCUT2D eigenvalue weighted by atomic mass is 16.1. The van der Waals surface area contributed by atoms with E-state index < -0.39 is 0 Å². The molecule has 4 rings (SSSR count). The maximum absolute atomic E-state index is 12.7. The zero-order valence-corrected chi connectivity index (χ0v) is 16.1. The molecule has 0 spiro atoms. The number of fused-ring (bicyclic) bond motifs is 1. The number of carbonyl (C=O) groups excluding carboxylic acids is 1. The van der Waals surface area contributed by atoms with E-state index in [0.717, 1.165) is 28.3 Å². The summed E-state index contributed by atoms with van der Waals surface area (Å²) in [6.45, 7) is 5.84. The summed E-state index contributed by atoms with van der Waals surface area (Å²) >= 11 is 0. The standard InChI is InChI=1S/C21H22N6O/c1-14-18(16(3)27(25-14)17-9-5-4-6-10-17)13-20(28)22-15(2)21-24-23-19-11-7-8-12-26(19)21/h4-12,15H,13H2,1-3H3,(H,22,28). The quantitative estimate of drug-likeness (QED) is 0.583. The number of aromatic nitrogens is 5. The van der Waals surface area contributed by atoms with Gasteiger partial charge in [0.05, 0.1) is 23.8 Å². The van der Waals surface area contributed by atoms with Gasteiger partial charge in [-0.05, 0) is 45.0 Å². The topological polar surface area (TPSA) is 77.1 Å². The number of nitrogens with one attached hydrogen (secondary N) is 1. The molecule has 7 nitrogen and oxygen atoms in total. The third kappa shape index (κ3) is 3.26. The van der Waals surface area contributed by atoms with Gasteiger partial charge in [0.1, 0.15) is 0 Å². The number of aryl methyl sites for hydroxylation is 1. The lowest BCUT2D eigenvalue weighted by atomic mass is 10.1. The van der Waals surface area contributed by atoms with E-state index in [4.69, 9.17) is 0 Å². The molecule has 3 aromatic heterocycles. The number of amides is 1. The van der Waals surface area contributed by atoms with Gasteiger partial charge in [0.25, 0.3) is 0 Å². The minimum absolute atomic E-state index is 0.0704. The molecule has 1 amide bonds. The summed E-state index contributed by atoms with van der Waals surface area (Å²) in [5, 5.41) is 16.0. The first-order valence-electron chi connectivity index (χ1n) is 9.24. The van der Waals surface area contributed by atoms with Gasteiger partial charge in [-0.3, -0.25) is 9.20 Å². The molecule has 0 saturated carbocycles. The van der Waals surface area contributed by atoms with Crippen molar-refractivity contribution in [3.05, 3.63) is 77.5 Å². The summed E-state index contributed by atoms with van der Waals surface area (Å²) in [4.78, 5) is 12.7. The number of pyridine rings is 1. The van der Waals surface area contributed by atoms with Crippen molar-refractivity contribution in [2.45, 2.75) is 33.2 Å². The average Bonchev–Trinajstić information content (AvgIpc) is 3.25. The van der Waals surface area contributed by atoms with Crippen molar-refractivity contribution in [3.8, 4) is 5.69 Å². The monoisotopic (exact) mass is 374 g/mol. The molecule has 0 aliphatic heterocycles. The van der Waals surface area contributed by atoms with Crippen LogP contribution >= 0.6 is 0 Å². The smallest absolute Gasteiger partial charge is 0.225 e. The van der Waals surface area contributed by atoms with Crippen LogP contribution in [0.25, 0.3) is 11.3 Å². The number of carbonyl (C=O) groups is 1. The molecule has 0 aliphatic carbocycles. The van der Waals surface area contributed by atoms with Gasteiger partial charge in [-0.25, -0.2) is 4.68 Å². The van der Waals surface area contributed by atoms with Gasteiger partial charge in [-0.1, -0.05) is 24.3 Å². The third-order valence-electron chi connectivity index (χ3n) is 4.88. The predicted molar refractivity (Wildman–Crippen MR) is 106 cm³/mol. The number of hydrogen-bond acceptors (Lipinski definition) is 4. The zero-order valence-electron chi connectivity index (χ0n) is 16.1. The van der Waals surface area contributed by atoms with Gasteiger partial charge in [0.2, 0.25) is 5.91 Å².